The summed E-state index contributed by atoms with van der Waals surface area (Å²) in [6.07, 6.45) is -1.30. The Labute approximate surface area is 154 Å². The molecule has 0 aromatic heterocycles. The first kappa shape index (κ1) is 20.6. The maximum absolute atomic E-state index is 12.3. The molecule has 1 unspecified atom stereocenters. The predicted octanol–water partition coefficient (Wildman–Crippen LogP) is 3.01. The van der Waals surface area contributed by atoms with Crippen molar-refractivity contribution < 1.29 is 13.2 Å². The third kappa shape index (κ3) is 7.23. The molecular weight excluding hydrogens is 341 g/mol. The summed E-state index contributed by atoms with van der Waals surface area (Å²) in [6.45, 7) is 2.08. The van der Waals surface area contributed by atoms with E-state index in [2.05, 4.69) is 39.5 Å². The molecule has 0 aliphatic carbocycles. The van der Waals surface area contributed by atoms with Crippen molar-refractivity contribution in [2.24, 2.45) is 10.9 Å². The van der Waals surface area contributed by atoms with Gasteiger partial charge in [0.05, 0.1) is 6.54 Å². The van der Waals surface area contributed by atoms with Crippen LogP contribution in [-0.2, 0) is 6.42 Å². The molecule has 1 heterocycles. The number of aliphatic imine (C=N–C) groups is 1. The molecule has 26 heavy (non-hydrogen) atoms. The second-order valence-electron chi connectivity index (χ2n) is 6.97. The van der Waals surface area contributed by atoms with Crippen LogP contribution in [0.15, 0.2) is 35.3 Å². The predicted molar refractivity (Wildman–Crippen MR) is 99.4 cm³/mol. The van der Waals surface area contributed by atoms with Gasteiger partial charge < -0.3 is 10.2 Å². The zero-order chi connectivity index (χ0) is 19.0. The minimum Gasteiger partial charge on any atom is -0.356 e. The maximum atomic E-state index is 12.3. The Morgan fingerprint density at radius 2 is 2.04 bits per heavy atom. The van der Waals surface area contributed by atoms with Crippen molar-refractivity contribution >= 4 is 5.96 Å². The lowest BCUT2D eigenvalue weighted by atomic mass is 9.99. The number of rotatable bonds is 7. The molecule has 1 aliphatic heterocycles. The Morgan fingerprint density at radius 1 is 1.31 bits per heavy atom. The van der Waals surface area contributed by atoms with Crippen LogP contribution in [0.1, 0.15) is 18.4 Å². The first-order valence-corrected chi connectivity index (χ1v) is 9.12. The Hall–Kier alpha value is -1.76. The highest BCUT2D eigenvalue weighted by Gasteiger charge is 2.29. The molecule has 1 saturated heterocycles. The van der Waals surface area contributed by atoms with Crippen LogP contribution in [0.2, 0.25) is 0 Å². The Bertz CT molecular complexity index is 560. The van der Waals surface area contributed by atoms with Gasteiger partial charge in [0.15, 0.2) is 5.96 Å². The van der Waals surface area contributed by atoms with Gasteiger partial charge >= 0.3 is 6.18 Å². The van der Waals surface area contributed by atoms with E-state index in [0.29, 0.717) is 25.4 Å². The third-order valence-corrected chi connectivity index (χ3v) is 4.61. The number of hydrogen-bond donors (Lipinski definition) is 1. The number of likely N-dealkylation sites (tertiary alicyclic amines) is 1. The number of nitrogens with one attached hydrogen (secondary N) is 1. The second-order valence-corrected chi connectivity index (χ2v) is 6.97. The lowest BCUT2D eigenvalue weighted by Gasteiger charge is -2.23. The number of hydrogen-bond acceptors (Lipinski definition) is 2. The van der Waals surface area contributed by atoms with E-state index in [9.17, 15) is 13.2 Å². The van der Waals surface area contributed by atoms with Crippen molar-refractivity contribution in [2.75, 3.05) is 46.8 Å². The van der Waals surface area contributed by atoms with Gasteiger partial charge in [-0.25, -0.2) is 0 Å². The maximum Gasteiger partial charge on any atom is 0.401 e. The van der Waals surface area contributed by atoms with Gasteiger partial charge in [0.2, 0.25) is 0 Å². The molecule has 7 heteroatoms. The zero-order valence-corrected chi connectivity index (χ0v) is 15.6. The molecule has 0 bridgehead atoms. The Kier molecular flexibility index (Phi) is 7.75. The minimum absolute atomic E-state index is 0.403. The minimum atomic E-state index is -4.14. The summed E-state index contributed by atoms with van der Waals surface area (Å²) >= 11 is 0. The molecule has 146 valence electrons. The summed E-state index contributed by atoms with van der Waals surface area (Å²) in [6, 6.07) is 10.5. The molecule has 2 rings (SSSR count). The van der Waals surface area contributed by atoms with Gasteiger partial charge in [-0.3, -0.25) is 9.89 Å². The normalized spacial score (nSPS) is 18.6. The summed E-state index contributed by atoms with van der Waals surface area (Å²) in [5.74, 6) is 1.45. The zero-order valence-electron chi connectivity index (χ0n) is 15.6. The molecule has 4 nitrogen and oxygen atoms in total. The summed E-state index contributed by atoms with van der Waals surface area (Å²) in [7, 11) is 3.25. The van der Waals surface area contributed by atoms with E-state index in [1.807, 2.05) is 6.07 Å². The van der Waals surface area contributed by atoms with Crippen LogP contribution in [0.25, 0.3) is 0 Å². The van der Waals surface area contributed by atoms with Gasteiger partial charge in [-0.2, -0.15) is 13.2 Å². The molecule has 1 aromatic carbocycles. The van der Waals surface area contributed by atoms with Crippen molar-refractivity contribution in [2.45, 2.75) is 25.4 Å². The molecule has 1 N–H and O–H groups in total. The molecule has 1 aliphatic rings. The van der Waals surface area contributed by atoms with Crippen LogP contribution in [0, 0.1) is 5.92 Å². The quantitative estimate of drug-likeness (QED) is 0.455. The molecule has 0 saturated carbocycles. The van der Waals surface area contributed by atoms with E-state index in [0.717, 1.165) is 31.9 Å². The highest BCUT2D eigenvalue weighted by Crippen LogP contribution is 2.21. The highest BCUT2D eigenvalue weighted by atomic mass is 19.4. The largest absolute Gasteiger partial charge is 0.401 e. The van der Waals surface area contributed by atoms with E-state index in [-0.39, 0.29) is 0 Å². The molecule has 1 aromatic rings. The van der Waals surface area contributed by atoms with Crippen molar-refractivity contribution in [1.29, 1.82) is 0 Å². The van der Waals surface area contributed by atoms with Gasteiger partial charge in [-0.1, -0.05) is 30.3 Å². The summed E-state index contributed by atoms with van der Waals surface area (Å²) in [4.78, 5) is 7.87. The molecule has 0 spiro atoms. The van der Waals surface area contributed by atoms with Gasteiger partial charge in [-0.05, 0) is 44.3 Å². The number of halogens is 3. The molecule has 1 atom stereocenters. The summed E-state index contributed by atoms with van der Waals surface area (Å²) in [5.41, 5.74) is 1.36. The van der Waals surface area contributed by atoms with E-state index < -0.39 is 12.7 Å². The van der Waals surface area contributed by atoms with Gasteiger partial charge in [-0.15, -0.1) is 0 Å². The van der Waals surface area contributed by atoms with Crippen LogP contribution in [0.3, 0.4) is 0 Å². The fourth-order valence-corrected chi connectivity index (χ4v) is 3.41. The van der Waals surface area contributed by atoms with Crippen LogP contribution >= 0.6 is 0 Å². The number of nitrogens with zero attached hydrogens (tertiary/aromatic N) is 3. The van der Waals surface area contributed by atoms with Crippen molar-refractivity contribution in [3.8, 4) is 0 Å². The van der Waals surface area contributed by atoms with E-state index in [4.69, 9.17) is 0 Å². The fraction of sp³-hybridized carbons (Fsp3) is 0.632. The Morgan fingerprint density at radius 3 is 2.69 bits per heavy atom. The van der Waals surface area contributed by atoms with Crippen LogP contribution in [-0.4, -0.2) is 68.8 Å². The molecule has 1 fully saturated rings. The first-order chi connectivity index (χ1) is 12.4. The average molecular weight is 370 g/mol. The number of guanidine groups is 1. The monoisotopic (exact) mass is 370 g/mol. The van der Waals surface area contributed by atoms with Gasteiger partial charge in [0, 0.05) is 26.7 Å². The first-order valence-electron chi connectivity index (χ1n) is 9.12. The van der Waals surface area contributed by atoms with Gasteiger partial charge in [0.25, 0.3) is 0 Å². The number of alkyl halides is 3. The lowest BCUT2D eigenvalue weighted by Crippen LogP contribution is -2.41. The summed E-state index contributed by atoms with van der Waals surface area (Å²) < 4.78 is 36.9. The van der Waals surface area contributed by atoms with Crippen LogP contribution in [0.4, 0.5) is 13.2 Å². The lowest BCUT2D eigenvalue weighted by molar-refractivity contribution is -0.143. The smallest absolute Gasteiger partial charge is 0.356 e. The van der Waals surface area contributed by atoms with Crippen molar-refractivity contribution in [3.05, 3.63) is 35.9 Å². The SMILES string of the molecule is CN=C(NCCCN(C)CC(F)(F)F)N1CCC(Cc2ccccc2)C1. The second kappa shape index (κ2) is 9.80. The molecule has 0 radical (unpaired) electrons. The van der Waals surface area contributed by atoms with Crippen LogP contribution < -0.4 is 5.32 Å². The van der Waals surface area contributed by atoms with Crippen molar-refractivity contribution in [1.82, 2.24) is 15.1 Å². The fourth-order valence-electron chi connectivity index (χ4n) is 3.41. The summed E-state index contributed by atoms with van der Waals surface area (Å²) in [5, 5.41) is 3.28. The van der Waals surface area contributed by atoms with E-state index in [1.54, 1.807) is 7.05 Å². The van der Waals surface area contributed by atoms with E-state index in [1.165, 1.54) is 17.5 Å². The van der Waals surface area contributed by atoms with Crippen LogP contribution in [0.5, 0.6) is 0 Å². The highest BCUT2D eigenvalue weighted by molar-refractivity contribution is 5.80. The van der Waals surface area contributed by atoms with E-state index >= 15 is 0 Å². The third-order valence-electron chi connectivity index (χ3n) is 4.61. The average Bonchev–Trinajstić information content (AvgIpc) is 3.02. The molecule has 0 amide bonds. The Balaban J connectivity index is 1.69. The number of benzene rings is 1. The standard InChI is InChI=1S/C19H29F3N4/c1-23-18(24-10-6-11-25(2)15-19(20,21)22)26-12-9-17(14-26)13-16-7-4-3-5-8-16/h3-5,7-8,17H,6,9-15H2,1-2H3,(H,23,24). The van der Waals surface area contributed by atoms with Crippen molar-refractivity contribution in [3.63, 3.8) is 0 Å². The van der Waals surface area contributed by atoms with Gasteiger partial charge in [0.1, 0.15) is 0 Å². The topological polar surface area (TPSA) is 30.9 Å². The molecular formula is C19H29F3N4.